The van der Waals surface area contributed by atoms with E-state index in [1.807, 2.05) is 53.4 Å². The smallest absolute Gasteiger partial charge is 0.263 e. The lowest BCUT2D eigenvalue weighted by Gasteiger charge is -2.12. The van der Waals surface area contributed by atoms with Gasteiger partial charge >= 0.3 is 0 Å². The van der Waals surface area contributed by atoms with Crippen molar-refractivity contribution in [1.82, 2.24) is 9.88 Å². The zero-order valence-corrected chi connectivity index (χ0v) is 17.2. The number of benzene rings is 2. The molecular weight excluding hydrogens is 380 g/mol. The van der Waals surface area contributed by atoms with Crippen molar-refractivity contribution in [2.24, 2.45) is 0 Å². The highest BCUT2D eigenvalue weighted by molar-refractivity contribution is 7.13. The van der Waals surface area contributed by atoms with Gasteiger partial charge in [-0.2, -0.15) is 0 Å². The molecule has 4 aromatic rings. The van der Waals surface area contributed by atoms with Crippen LogP contribution < -0.4 is 10.1 Å². The third-order valence-electron chi connectivity index (χ3n) is 4.83. The molecule has 1 amide bonds. The Morgan fingerprint density at radius 3 is 2.48 bits per heavy atom. The summed E-state index contributed by atoms with van der Waals surface area (Å²) < 4.78 is 7.39. The number of hydrogen-bond acceptors (Lipinski definition) is 3. The molecule has 0 spiro atoms. The Bertz CT molecular complexity index is 1110. The average molecular weight is 403 g/mol. The maximum absolute atomic E-state index is 13.1. The highest BCUT2D eigenvalue weighted by Gasteiger charge is 2.20. The normalized spacial score (nSPS) is 10.7. The molecule has 0 aliphatic carbocycles. The summed E-state index contributed by atoms with van der Waals surface area (Å²) in [6.45, 7) is 2.48. The highest BCUT2D eigenvalue weighted by atomic mass is 32.1. The Hall–Kier alpha value is -3.31. The first-order valence-electron chi connectivity index (χ1n) is 9.39. The fourth-order valence-electron chi connectivity index (χ4n) is 3.30. The van der Waals surface area contributed by atoms with E-state index in [0.29, 0.717) is 11.4 Å². The number of hydrogen-bond donors (Lipinski definition) is 1. The van der Waals surface area contributed by atoms with Crippen molar-refractivity contribution in [3.63, 3.8) is 0 Å². The second-order valence-corrected chi connectivity index (χ2v) is 7.66. The minimum Gasteiger partial charge on any atom is -0.496 e. The van der Waals surface area contributed by atoms with Gasteiger partial charge in [-0.25, -0.2) is 0 Å². The summed E-state index contributed by atoms with van der Waals surface area (Å²) in [5.74, 6) is 0.674. The number of para-hydroxylation sites is 1. The number of methoxy groups -OCH3 is 1. The zero-order chi connectivity index (χ0) is 20.2. The van der Waals surface area contributed by atoms with Crippen molar-refractivity contribution in [1.29, 1.82) is 0 Å². The van der Waals surface area contributed by atoms with Crippen LogP contribution in [0.1, 0.15) is 20.8 Å². The van der Waals surface area contributed by atoms with Crippen LogP contribution in [-0.2, 0) is 6.54 Å². The van der Waals surface area contributed by atoms with Gasteiger partial charge in [0.15, 0.2) is 0 Å². The minimum absolute atomic E-state index is 0.0945. The van der Waals surface area contributed by atoms with Crippen LogP contribution in [0.4, 0.5) is 0 Å². The standard InChI is InChI=1S/C24H22N2O2S/c1-17-9-11-18(12-10-17)20-16-29-23(22(20)26-13-5-6-14-26)24(27)25-15-19-7-3-4-8-21(19)28-2/h3-14,16H,15H2,1-2H3,(H,25,27). The van der Waals surface area contributed by atoms with Gasteiger partial charge in [0.25, 0.3) is 5.91 Å². The van der Waals surface area contributed by atoms with E-state index in [2.05, 4.69) is 41.9 Å². The highest BCUT2D eigenvalue weighted by Crippen LogP contribution is 2.35. The molecule has 0 saturated carbocycles. The number of amides is 1. The van der Waals surface area contributed by atoms with Gasteiger partial charge < -0.3 is 14.6 Å². The first-order chi connectivity index (χ1) is 14.2. The lowest BCUT2D eigenvalue weighted by atomic mass is 10.0. The van der Waals surface area contributed by atoms with Crippen molar-refractivity contribution < 1.29 is 9.53 Å². The van der Waals surface area contributed by atoms with Gasteiger partial charge in [-0.05, 0) is 30.7 Å². The predicted molar refractivity (Wildman–Crippen MR) is 118 cm³/mol. The van der Waals surface area contributed by atoms with Crippen molar-refractivity contribution in [3.8, 4) is 22.6 Å². The SMILES string of the molecule is COc1ccccc1CNC(=O)c1scc(-c2ccc(C)cc2)c1-n1cccc1. The van der Waals surface area contributed by atoms with E-state index in [-0.39, 0.29) is 5.91 Å². The molecule has 146 valence electrons. The molecule has 0 fully saturated rings. The summed E-state index contributed by atoms with van der Waals surface area (Å²) in [6.07, 6.45) is 3.94. The molecule has 2 aromatic carbocycles. The summed E-state index contributed by atoms with van der Waals surface area (Å²) in [6, 6.07) is 20.0. The topological polar surface area (TPSA) is 43.3 Å². The summed E-state index contributed by atoms with van der Waals surface area (Å²) in [7, 11) is 1.64. The van der Waals surface area contributed by atoms with Crippen molar-refractivity contribution >= 4 is 17.2 Å². The number of nitrogens with one attached hydrogen (secondary N) is 1. The summed E-state index contributed by atoms with van der Waals surface area (Å²) >= 11 is 1.46. The first kappa shape index (κ1) is 19.0. The molecular formula is C24H22N2O2S. The van der Waals surface area contributed by atoms with Crippen LogP contribution in [0.15, 0.2) is 78.4 Å². The van der Waals surface area contributed by atoms with Gasteiger partial charge in [-0.15, -0.1) is 11.3 Å². The molecule has 0 aliphatic heterocycles. The number of thiophene rings is 1. The Balaban J connectivity index is 1.66. The third kappa shape index (κ3) is 3.96. The molecule has 2 heterocycles. The summed E-state index contributed by atoms with van der Waals surface area (Å²) in [5.41, 5.74) is 5.21. The van der Waals surface area contributed by atoms with Crippen LogP contribution in [0.25, 0.3) is 16.8 Å². The van der Waals surface area contributed by atoms with E-state index >= 15 is 0 Å². The minimum atomic E-state index is -0.0945. The van der Waals surface area contributed by atoms with Gasteiger partial charge in [-0.1, -0.05) is 48.0 Å². The molecule has 4 rings (SSSR count). The van der Waals surface area contributed by atoms with Crippen LogP contribution in [0.2, 0.25) is 0 Å². The number of ether oxygens (including phenoxy) is 1. The van der Waals surface area contributed by atoms with Gasteiger partial charge in [0.1, 0.15) is 10.6 Å². The van der Waals surface area contributed by atoms with Crippen molar-refractivity contribution in [3.05, 3.63) is 94.4 Å². The molecule has 0 unspecified atom stereocenters. The van der Waals surface area contributed by atoms with Crippen LogP contribution in [-0.4, -0.2) is 17.6 Å². The molecule has 0 bridgehead atoms. The van der Waals surface area contributed by atoms with Gasteiger partial charge in [0.2, 0.25) is 0 Å². The molecule has 0 aliphatic rings. The molecule has 2 aromatic heterocycles. The van der Waals surface area contributed by atoms with Crippen LogP contribution in [0.5, 0.6) is 5.75 Å². The third-order valence-corrected chi connectivity index (χ3v) is 5.80. The maximum atomic E-state index is 13.1. The molecule has 5 heteroatoms. The molecule has 1 N–H and O–H groups in total. The van der Waals surface area contributed by atoms with E-state index in [4.69, 9.17) is 4.74 Å². The average Bonchev–Trinajstić information content (AvgIpc) is 3.42. The molecule has 0 saturated heterocycles. The maximum Gasteiger partial charge on any atom is 0.263 e. The molecule has 29 heavy (non-hydrogen) atoms. The summed E-state index contributed by atoms with van der Waals surface area (Å²) in [5, 5.41) is 5.10. The largest absolute Gasteiger partial charge is 0.496 e. The molecule has 0 atom stereocenters. The molecule has 4 nitrogen and oxygen atoms in total. The zero-order valence-electron chi connectivity index (χ0n) is 16.4. The number of rotatable bonds is 6. The Morgan fingerprint density at radius 1 is 1.03 bits per heavy atom. The fourth-order valence-corrected chi connectivity index (χ4v) is 4.29. The van der Waals surface area contributed by atoms with E-state index in [1.54, 1.807) is 7.11 Å². The number of nitrogens with zero attached hydrogens (tertiary/aromatic N) is 1. The lowest BCUT2D eigenvalue weighted by molar-refractivity contribution is 0.0955. The van der Waals surface area contributed by atoms with E-state index in [0.717, 1.165) is 28.1 Å². The Kier molecular flexibility index (Phi) is 5.49. The number of carbonyl (C=O) groups is 1. The number of aryl methyl sites for hydroxylation is 1. The first-order valence-corrected chi connectivity index (χ1v) is 10.3. The molecule has 0 radical (unpaired) electrons. The second kappa shape index (κ2) is 8.37. The Morgan fingerprint density at radius 2 is 1.76 bits per heavy atom. The van der Waals surface area contributed by atoms with Crippen molar-refractivity contribution in [2.45, 2.75) is 13.5 Å². The lowest BCUT2D eigenvalue weighted by Crippen LogP contribution is -2.23. The van der Waals surface area contributed by atoms with Crippen molar-refractivity contribution in [2.75, 3.05) is 7.11 Å². The van der Waals surface area contributed by atoms with Crippen LogP contribution in [0, 0.1) is 6.92 Å². The van der Waals surface area contributed by atoms with E-state index < -0.39 is 0 Å². The van der Waals surface area contributed by atoms with E-state index in [9.17, 15) is 4.79 Å². The number of carbonyl (C=O) groups excluding carboxylic acids is 1. The second-order valence-electron chi connectivity index (χ2n) is 6.78. The van der Waals surface area contributed by atoms with Gasteiger partial charge in [-0.3, -0.25) is 4.79 Å². The predicted octanol–water partition coefficient (Wildman–Crippen LogP) is 5.45. The van der Waals surface area contributed by atoms with E-state index in [1.165, 1.54) is 16.9 Å². The fraction of sp³-hybridized carbons (Fsp3) is 0.125. The van der Waals surface area contributed by atoms with Gasteiger partial charge in [0, 0.05) is 35.4 Å². The van der Waals surface area contributed by atoms with Crippen LogP contribution >= 0.6 is 11.3 Å². The summed E-state index contributed by atoms with van der Waals surface area (Å²) in [4.78, 5) is 13.8. The Labute approximate surface area is 174 Å². The monoisotopic (exact) mass is 402 g/mol. The quantitative estimate of drug-likeness (QED) is 0.466. The number of aromatic nitrogens is 1. The van der Waals surface area contributed by atoms with Gasteiger partial charge in [0.05, 0.1) is 12.8 Å². The van der Waals surface area contributed by atoms with Crippen LogP contribution in [0.3, 0.4) is 0 Å².